The second-order valence-corrected chi connectivity index (χ2v) is 3.09. The molecule has 0 saturated carbocycles. The maximum atomic E-state index is 5.38. The van der Waals surface area contributed by atoms with Gasteiger partial charge in [-0.15, -0.1) is 0 Å². The van der Waals surface area contributed by atoms with Crippen LogP contribution >= 0.6 is 0 Å². The lowest BCUT2D eigenvalue weighted by Gasteiger charge is -2.17. The van der Waals surface area contributed by atoms with Gasteiger partial charge < -0.3 is 14.8 Å². The van der Waals surface area contributed by atoms with E-state index < -0.39 is 0 Å². The van der Waals surface area contributed by atoms with E-state index in [4.69, 9.17) is 9.47 Å². The normalized spacial score (nSPS) is 12.5. The highest BCUT2D eigenvalue weighted by Crippen LogP contribution is 2.21. The molecular formula is C11H18N2O2. The molecule has 0 aliphatic carbocycles. The molecule has 1 rings (SSSR count). The number of likely N-dealkylation sites (N-methyl/N-ethyl adjacent to an activating group) is 1. The van der Waals surface area contributed by atoms with E-state index in [9.17, 15) is 0 Å². The Bertz CT molecular complexity index is 292. The lowest BCUT2D eigenvalue weighted by molar-refractivity contribution is 0.123. The van der Waals surface area contributed by atoms with Crippen LogP contribution in [0.5, 0.6) is 5.75 Å². The molecule has 0 saturated heterocycles. The van der Waals surface area contributed by atoms with Gasteiger partial charge in [0.05, 0.1) is 19.8 Å². The van der Waals surface area contributed by atoms with Gasteiger partial charge in [-0.3, -0.25) is 4.98 Å². The molecule has 1 heterocycles. The van der Waals surface area contributed by atoms with Gasteiger partial charge in [0.25, 0.3) is 0 Å². The van der Waals surface area contributed by atoms with Gasteiger partial charge in [-0.25, -0.2) is 0 Å². The highest BCUT2D eigenvalue weighted by atomic mass is 16.5. The van der Waals surface area contributed by atoms with Crippen molar-refractivity contribution in [3.05, 3.63) is 24.0 Å². The summed E-state index contributed by atoms with van der Waals surface area (Å²) in [6.45, 7) is 3.27. The first-order chi connectivity index (χ1) is 7.33. The first kappa shape index (κ1) is 11.9. The predicted molar refractivity (Wildman–Crippen MR) is 59.1 cm³/mol. The Labute approximate surface area is 90.6 Å². The van der Waals surface area contributed by atoms with Crippen LogP contribution in [0.1, 0.15) is 18.7 Å². The third-order valence-electron chi connectivity index (χ3n) is 2.19. The van der Waals surface area contributed by atoms with Gasteiger partial charge in [0, 0.05) is 12.8 Å². The van der Waals surface area contributed by atoms with Crippen molar-refractivity contribution >= 4 is 0 Å². The maximum Gasteiger partial charge on any atom is 0.142 e. The molecular weight excluding hydrogens is 192 g/mol. The van der Waals surface area contributed by atoms with Crippen LogP contribution in [0.25, 0.3) is 0 Å². The summed E-state index contributed by atoms with van der Waals surface area (Å²) < 4.78 is 10.6. The van der Waals surface area contributed by atoms with E-state index in [0.29, 0.717) is 13.2 Å². The van der Waals surface area contributed by atoms with Crippen molar-refractivity contribution in [2.75, 3.05) is 27.4 Å². The van der Waals surface area contributed by atoms with Crippen molar-refractivity contribution in [1.29, 1.82) is 0 Å². The highest BCUT2D eigenvalue weighted by Gasteiger charge is 2.15. The Morgan fingerprint density at radius 3 is 2.93 bits per heavy atom. The Balaban J connectivity index is 2.80. The van der Waals surface area contributed by atoms with Crippen molar-refractivity contribution in [3.63, 3.8) is 0 Å². The zero-order valence-electron chi connectivity index (χ0n) is 9.49. The van der Waals surface area contributed by atoms with Crippen LogP contribution in [0, 0.1) is 0 Å². The Kier molecular flexibility index (Phi) is 5.07. The molecule has 0 bridgehead atoms. The van der Waals surface area contributed by atoms with Crippen molar-refractivity contribution in [1.82, 2.24) is 10.3 Å². The minimum atomic E-state index is 0.0705. The van der Waals surface area contributed by atoms with Crippen LogP contribution in [0.2, 0.25) is 0 Å². The molecule has 0 aliphatic heterocycles. The molecule has 4 heteroatoms. The van der Waals surface area contributed by atoms with E-state index in [2.05, 4.69) is 10.3 Å². The third-order valence-corrected chi connectivity index (χ3v) is 2.19. The average molecular weight is 210 g/mol. The van der Waals surface area contributed by atoms with E-state index in [1.807, 2.05) is 26.1 Å². The fraction of sp³-hybridized carbons (Fsp3) is 0.545. The third kappa shape index (κ3) is 3.18. The molecule has 1 aromatic heterocycles. The number of pyridine rings is 1. The SMILES string of the molecule is CCOCC(NC)c1ncccc1OC. The van der Waals surface area contributed by atoms with Gasteiger partial charge in [0.15, 0.2) is 0 Å². The van der Waals surface area contributed by atoms with Crippen molar-refractivity contribution < 1.29 is 9.47 Å². The monoisotopic (exact) mass is 210 g/mol. The largest absolute Gasteiger partial charge is 0.495 e. The fourth-order valence-electron chi connectivity index (χ4n) is 1.37. The molecule has 15 heavy (non-hydrogen) atoms. The molecule has 1 unspecified atom stereocenters. The van der Waals surface area contributed by atoms with Crippen LogP contribution in [0.4, 0.5) is 0 Å². The standard InChI is InChI=1S/C11H18N2O2/c1-4-15-8-9(12-2)11-10(14-3)6-5-7-13-11/h5-7,9,12H,4,8H2,1-3H3. The molecule has 0 fully saturated rings. The van der Waals surface area contributed by atoms with Crippen LogP contribution < -0.4 is 10.1 Å². The predicted octanol–water partition coefficient (Wildman–Crippen LogP) is 1.39. The van der Waals surface area contributed by atoms with E-state index in [1.54, 1.807) is 13.3 Å². The van der Waals surface area contributed by atoms with Crippen LogP contribution in [0.3, 0.4) is 0 Å². The number of hydrogen-bond donors (Lipinski definition) is 1. The molecule has 0 radical (unpaired) electrons. The summed E-state index contributed by atoms with van der Waals surface area (Å²) in [5.74, 6) is 0.788. The highest BCUT2D eigenvalue weighted by molar-refractivity contribution is 5.29. The van der Waals surface area contributed by atoms with Gasteiger partial charge in [0.1, 0.15) is 11.4 Å². The summed E-state index contributed by atoms with van der Waals surface area (Å²) in [6, 6.07) is 3.83. The smallest absolute Gasteiger partial charge is 0.142 e. The number of hydrogen-bond acceptors (Lipinski definition) is 4. The lowest BCUT2D eigenvalue weighted by Crippen LogP contribution is -2.23. The molecule has 0 amide bonds. The summed E-state index contributed by atoms with van der Waals surface area (Å²) in [4.78, 5) is 4.31. The average Bonchev–Trinajstić information content (AvgIpc) is 2.30. The van der Waals surface area contributed by atoms with Crippen molar-refractivity contribution in [3.8, 4) is 5.75 Å². The Morgan fingerprint density at radius 2 is 2.33 bits per heavy atom. The van der Waals surface area contributed by atoms with Crippen molar-refractivity contribution in [2.24, 2.45) is 0 Å². The minimum Gasteiger partial charge on any atom is -0.495 e. The zero-order chi connectivity index (χ0) is 11.1. The second-order valence-electron chi connectivity index (χ2n) is 3.09. The maximum absolute atomic E-state index is 5.38. The van der Waals surface area contributed by atoms with Crippen molar-refractivity contribution in [2.45, 2.75) is 13.0 Å². The van der Waals surface area contributed by atoms with Crippen LogP contribution in [-0.4, -0.2) is 32.4 Å². The van der Waals surface area contributed by atoms with E-state index >= 15 is 0 Å². The Hall–Kier alpha value is -1.13. The Morgan fingerprint density at radius 1 is 1.53 bits per heavy atom. The fourth-order valence-corrected chi connectivity index (χ4v) is 1.37. The second kappa shape index (κ2) is 6.37. The van der Waals surface area contributed by atoms with Gasteiger partial charge in [-0.1, -0.05) is 0 Å². The summed E-state index contributed by atoms with van der Waals surface area (Å²) in [7, 11) is 3.53. The molecule has 1 atom stereocenters. The summed E-state index contributed by atoms with van der Waals surface area (Å²) in [5.41, 5.74) is 0.885. The van der Waals surface area contributed by atoms with Gasteiger partial charge in [-0.2, -0.15) is 0 Å². The number of aromatic nitrogens is 1. The van der Waals surface area contributed by atoms with E-state index in [0.717, 1.165) is 11.4 Å². The topological polar surface area (TPSA) is 43.4 Å². The van der Waals surface area contributed by atoms with Gasteiger partial charge in [-0.05, 0) is 26.1 Å². The quantitative estimate of drug-likeness (QED) is 0.770. The van der Waals surface area contributed by atoms with Gasteiger partial charge >= 0.3 is 0 Å². The van der Waals surface area contributed by atoms with E-state index in [-0.39, 0.29) is 6.04 Å². The molecule has 1 N–H and O–H groups in total. The minimum absolute atomic E-state index is 0.0705. The van der Waals surface area contributed by atoms with Crippen LogP contribution in [-0.2, 0) is 4.74 Å². The molecule has 4 nitrogen and oxygen atoms in total. The molecule has 1 aromatic rings. The molecule has 0 aliphatic rings. The number of nitrogens with one attached hydrogen (secondary N) is 1. The zero-order valence-corrected chi connectivity index (χ0v) is 9.49. The van der Waals surface area contributed by atoms with Gasteiger partial charge in [0.2, 0.25) is 0 Å². The van der Waals surface area contributed by atoms with E-state index in [1.165, 1.54) is 0 Å². The molecule has 0 spiro atoms. The molecule has 0 aromatic carbocycles. The lowest BCUT2D eigenvalue weighted by atomic mass is 10.2. The first-order valence-corrected chi connectivity index (χ1v) is 5.07. The summed E-state index contributed by atoms with van der Waals surface area (Å²) in [6.07, 6.45) is 1.76. The number of ether oxygens (including phenoxy) is 2. The first-order valence-electron chi connectivity index (χ1n) is 5.07. The molecule has 84 valence electrons. The number of rotatable bonds is 6. The number of methoxy groups -OCH3 is 1. The summed E-state index contributed by atoms with van der Waals surface area (Å²) >= 11 is 0. The summed E-state index contributed by atoms with van der Waals surface area (Å²) in [5, 5.41) is 3.16. The number of nitrogens with zero attached hydrogens (tertiary/aromatic N) is 1. The van der Waals surface area contributed by atoms with Crippen LogP contribution in [0.15, 0.2) is 18.3 Å².